The Balaban J connectivity index is 2.40. The van der Waals surface area contributed by atoms with Gasteiger partial charge in [0.2, 0.25) is 0 Å². The molecule has 0 aromatic rings. The fourth-order valence-corrected chi connectivity index (χ4v) is 3.79. The average molecular weight is 173 g/mol. The molecule has 0 nitrogen and oxygen atoms in total. The molecular weight excluding hydrogens is 165 g/mol. The van der Waals surface area contributed by atoms with Crippen LogP contribution in [0.3, 0.4) is 0 Å². The number of halogens is 2. The molecule has 0 amide bonds. The Hall–Kier alpha value is 0.379. The molecule has 7 heavy (non-hydrogen) atoms. The SMILES string of the molecule is F[Se]1(F)CCCC1. The second kappa shape index (κ2) is 1.71. The number of hydrogen-bond acceptors (Lipinski definition) is 0. The van der Waals surface area contributed by atoms with Gasteiger partial charge < -0.3 is 0 Å². The summed E-state index contributed by atoms with van der Waals surface area (Å²) in [7, 11) is 0. The zero-order valence-corrected chi connectivity index (χ0v) is 5.71. The molecule has 1 heterocycles. The minimum atomic E-state index is -3.69. The predicted octanol–water partition coefficient (Wildman–Crippen LogP) is 2.16. The van der Waals surface area contributed by atoms with Crippen LogP contribution in [0.4, 0.5) is 7.10 Å². The Morgan fingerprint density at radius 1 is 1.00 bits per heavy atom. The topological polar surface area (TPSA) is 0 Å². The van der Waals surface area contributed by atoms with Crippen LogP contribution in [0.15, 0.2) is 0 Å². The van der Waals surface area contributed by atoms with Crippen molar-refractivity contribution in [3.05, 3.63) is 0 Å². The van der Waals surface area contributed by atoms with E-state index in [0.29, 0.717) is 0 Å². The van der Waals surface area contributed by atoms with Gasteiger partial charge in [0.1, 0.15) is 0 Å². The predicted molar refractivity (Wildman–Crippen MR) is 26.8 cm³/mol. The summed E-state index contributed by atoms with van der Waals surface area (Å²) in [4.78, 5) is 0. The molecular formula is C4H8F2Se. The van der Waals surface area contributed by atoms with Gasteiger partial charge in [0.25, 0.3) is 0 Å². The molecule has 0 aromatic carbocycles. The van der Waals surface area contributed by atoms with Crippen LogP contribution < -0.4 is 0 Å². The summed E-state index contributed by atoms with van der Waals surface area (Å²) in [6, 6.07) is 0. The zero-order valence-electron chi connectivity index (χ0n) is 3.99. The third-order valence-electron chi connectivity index (χ3n) is 1.14. The van der Waals surface area contributed by atoms with Crippen LogP contribution in [0.2, 0.25) is 10.6 Å². The van der Waals surface area contributed by atoms with Gasteiger partial charge in [-0.3, -0.25) is 0 Å². The fraction of sp³-hybridized carbons (Fsp3) is 1.00. The molecule has 0 bridgehead atoms. The van der Waals surface area contributed by atoms with Crippen LogP contribution in [0, 0.1) is 0 Å². The normalized spacial score (nSPS) is 32.9. The van der Waals surface area contributed by atoms with E-state index >= 15 is 0 Å². The maximum atomic E-state index is 12.1. The monoisotopic (exact) mass is 174 g/mol. The van der Waals surface area contributed by atoms with E-state index in [1.54, 1.807) is 0 Å². The van der Waals surface area contributed by atoms with Crippen LogP contribution >= 0.6 is 0 Å². The summed E-state index contributed by atoms with van der Waals surface area (Å²) in [5, 5.41) is 0.549. The van der Waals surface area contributed by atoms with Crippen LogP contribution in [0.25, 0.3) is 0 Å². The van der Waals surface area contributed by atoms with Crippen molar-refractivity contribution in [2.24, 2.45) is 0 Å². The van der Waals surface area contributed by atoms with Crippen molar-refractivity contribution in [2.75, 3.05) is 0 Å². The summed E-state index contributed by atoms with van der Waals surface area (Å²) in [6.07, 6.45) is 1.57. The summed E-state index contributed by atoms with van der Waals surface area (Å²) in [6.45, 7) is 0. The van der Waals surface area contributed by atoms with Crippen LogP contribution in [0.1, 0.15) is 12.8 Å². The quantitative estimate of drug-likeness (QED) is 0.492. The Labute approximate surface area is 45.1 Å². The van der Waals surface area contributed by atoms with E-state index in [9.17, 15) is 7.10 Å². The maximum absolute atomic E-state index is 12.1. The van der Waals surface area contributed by atoms with E-state index in [2.05, 4.69) is 0 Å². The van der Waals surface area contributed by atoms with Gasteiger partial charge in [0.15, 0.2) is 0 Å². The van der Waals surface area contributed by atoms with Crippen molar-refractivity contribution in [3.63, 3.8) is 0 Å². The van der Waals surface area contributed by atoms with E-state index in [1.807, 2.05) is 0 Å². The first-order valence-electron chi connectivity index (χ1n) is 2.39. The molecule has 0 aliphatic carbocycles. The minimum absolute atomic E-state index is 0.274. The molecule has 1 fully saturated rings. The average Bonchev–Trinajstić information content (AvgIpc) is 1.84. The Morgan fingerprint density at radius 2 is 1.43 bits per heavy atom. The molecule has 0 N–H and O–H groups in total. The van der Waals surface area contributed by atoms with Gasteiger partial charge in [0, 0.05) is 0 Å². The molecule has 1 saturated heterocycles. The van der Waals surface area contributed by atoms with Crippen LogP contribution in [0.5, 0.6) is 0 Å². The summed E-state index contributed by atoms with van der Waals surface area (Å²) >= 11 is -3.69. The van der Waals surface area contributed by atoms with Crippen LogP contribution in [-0.4, -0.2) is 13.8 Å². The molecule has 0 radical (unpaired) electrons. The van der Waals surface area contributed by atoms with E-state index in [0.717, 1.165) is 12.8 Å². The molecule has 0 unspecified atom stereocenters. The van der Waals surface area contributed by atoms with Crippen molar-refractivity contribution in [3.8, 4) is 0 Å². The number of rotatable bonds is 0. The van der Waals surface area contributed by atoms with Crippen molar-refractivity contribution in [1.82, 2.24) is 0 Å². The first-order chi connectivity index (χ1) is 3.21. The summed E-state index contributed by atoms with van der Waals surface area (Å²) in [5.74, 6) is 0. The van der Waals surface area contributed by atoms with Gasteiger partial charge in [-0.05, 0) is 0 Å². The van der Waals surface area contributed by atoms with E-state index < -0.39 is 13.8 Å². The second-order valence-corrected chi connectivity index (χ2v) is 6.46. The standard InChI is InChI=1S/C4H8F2Se/c5-7(6)3-1-2-4-7/h1-4H2. The Kier molecular flexibility index (Phi) is 1.35. The molecule has 0 spiro atoms. The summed E-state index contributed by atoms with van der Waals surface area (Å²) < 4.78 is 24.2. The molecule has 3 heteroatoms. The van der Waals surface area contributed by atoms with Crippen molar-refractivity contribution in [1.29, 1.82) is 0 Å². The van der Waals surface area contributed by atoms with E-state index in [-0.39, 0.29) is 10.6 Å². The number of hydrogen-bond donors (Lipinski definition) is 0. The third kappa shape index (κ3) is 1.39. The fourth-order valence-electron chi connectivity index (χ4n) is 0.729. The van der Waals surface area contributed by atoms with Gasteiger partial charge in [-0.25, -0.2) is 0 Å². The molecule has 0 atom stereocenters. The van der Waals surface area contributed by atoms with Gasteiger partial charge in [0.05, 0.1) is 0 Å². The summed E-state index contributed by atoms with van der Waals surface area (Å²) in [5.41, 5.74) is 0. The first-order valence-corrected chi connectivity index (χ1v) is 6.10. The Bertz CT molecular complexity index is 64.1. The zero-order chi connectivity index (χ0) is 5.33. The molecule has 1 rings (SSSR count). The third-order valence-corrected chi connectivity index (χ3v) is 4.85. The Morgan fingerprint density at radius 3 is 1.57 bits per heavy atom. The van der Waals surface area contributed by atoms with Crippen molar-refractivity contribution < 1.29 is 7.10 Å². The molecule has 1 aliphatic heterocycles. The van der Waals surface area contributed by atoms with Gasteiger partial charge in [-0.2, -0.15) is 0 Å². The van der Waals surface area contributed by atoms with Crippen molar-refractivity contribution >= 4 is 13.8 Å². The van der Waals surface area contributed by atoms with E-state index in [4.69, 9.17) is 0 Å². The van der Waals surface area contributed by atoms with Gasteiger partial charge in [-0.1, -0.05) is 0 Å². The van der Waals surface area contributed by atoms with E-state index in [1.165, 1.54) is 0 Å². The molecule has 44 valence electrons. The molecule has 0 saturated carbocycles. The molecule has 0 aromatic heterocycles. The van der Waals surface area contributed by atoms with Gasteiger partial charge in [-0.15, -0.1) is 0 Å². The van der Waals surface area contributed by atoms with Gasteiger partial charge >= 0.3 is 44.3 Å². The second-order valence-electron chi connectivity index (χ2n) is 1.81. The first kappa shape index (κ1) is 5.51. The van der Waals surface area contributed by atoms with Crippen LogP contribution in [-0.2, 0) is 0 Å². The van der Waals surface area contributed by atoms with Crippen molar-refractivity contribution in [2.45, 2.75) is 23.5 Å². The molecule has 1 aliphatic rings.